The van der Waals surface area contributed by atoms with Gasteiger partial charge in [0, 0.05) is 19.7 Å². The lowest BCUT2D eigenvalue weighted by molar-refractivity contribution is 0.0970. The van der Waals surface area contributed by atoms with Gasteiger partial charge in [-0.15, -0.1) is 0 Å². The predicted molar refractivity (Wildman–Crippen MR) is 88.3 cm³/mol. The van der Waals surface area contributed by atoms with Crippen LogP contribution < -0.4 is 10.5 Å². The molecule has 0 spiro atoms. The van der Waals surface area contributed by atoms with Crippen LogP contribution in [-0.2, 0) is 16.0 Å². The molecule has 0 radical (unpaired) electrons. The second-order valence-corrected chi connectivity index (χ2v) is 6.23. The average molecular weight is 331 g/mol. The number of hydrogen-bond acceptors (Lipinski definition) is 7. The Morgan fingerprint density at radius 2 is 2.08 bits per heavy atom. The highest BCUT2D eigenvalue weighted by molar-refractivity contribution is 5.70. The van der Waals surface area contributed by atoms with E-state index in [-0.39, 0.29) is 11.7 Å². The molecule has 128 valence electrons. The van der Waals surface area contributed by atoms with Gasteiger partial charge in [-0.3, -0.25) is 9.36 Å². The van der Waals surface area contributed by atoms with Gasteiger partial charge in [0.05, 0.1) is 32.1 Å². The first kappa shape index (κ1) is 15.5. The summed E-state index contributed by atoms with van der Waals surface area (Å²) in [5, 5.41) is 0. The van der Waals surface area contributed by atoms with E-state index in [1.165, 1.54) is 0 Å². The van der Waals surface area contributed by atoms with Gasteiger partial charge in [-0.2, -0.15) is 4.98 Å². The van der Waals surface area contributed by atoms with Crippen molar-refractivity contribution in [2.45, 2.75) is 32.4 Å². The van der Waals surface area contributed by atoms with E-state index >= 15 is 0 Å². The minimum atomic E-state index is -0.107. The van der Waals surface area contributed by atoms with E-state index in [2.05, 4.69) is 19.9 Å². The van der Waals surface area contributed by atoms with Crippen LogP contribution in [0.4, 0.5) is 5.95 Å². The van der Waals surface area contributed by atoms with Crippen LogP contribution in [0, 0.1) is 6.92 Å². The van der Waals surface area contributed by atoms with Crippen LogP contribution in [0.3, 0.4) is 0 Å². The predicted octanol–water partition coefficient (Wildman–Crippen LogP) is 0.511. The molecule has 2 fully saturated rings. The molecule has 2 aromatic heterocycles. The second kappa shape index (κ2) is 6.45. The zero-order valence-electron chi connectivity index (χ0n) is 13.8. The number of fused-ring (bicyclic) bond motifs is 1. The highest BCUT2D eigenvalue weighted by Gasteiger charge is 2.21. The van der Waals surface area contributed by atoms with Gasteiger partial charge in [-0.25, -0.2) is 9.97 Å². The van der Waals surface area contributed by atoms with Gasteiger partial charge in [-0.1, -0.05) is 0 Å². The van der Waals surface area contributed by atoms with Crippen LogP contribution in [-0.4, -0.2) is 58.5 Å². The highest BCUT2D eigenvalue weighted by Crippen LogP contribution is 2.18. The van der Waals surface area contributed by atoms with Crippen molar-refractivity contribution < 1.29 is 9.47 Å². The number of nitrogens with zero attached hydrogens (tertiary/aromatic N) is 5. The molecule has 4 rings (SSSR count). The first-order chi connectivity index (χ1) is 11.7. The maximum Gasteiger partial charge on any atom is 0.273 e. The van der Waals surface area contributed by atoms with Gasteiger partial charge in [0.2, 0.25) is 5.95 Å². The minimum absolute atomic E-state index is 0.0644. The van der Waals surface area contributed by atoms with E-state index in [1.54, 1.807) is 17.7 Å². The summed E-state index contributed by atoms with van der Waals surface area (Å²) >= 11 is 0. The third-order valence-corrected chi connectivity index (χ3v) is 4.54. The van der Waals surface area contributed by atoms with Crippen LogP contribution >= 0.6 is 0 Å². The molecule has 8 heteroatoms. The Balaban J connectivity index is 1.77. The highest BCUT2D eigenvalue weighted by atomic mass is 16.5. The number of rotatable bonds is 3. The molecule has 24 heavy (non-hydrogen) atoms. The molecule has 2 aromatic rings. The number of hydrogen-bond donors (Lipinski definition) is 0. The minimum Gasteiger partial charge on any atom is -0.378 e. The van der Waals surface area contributed by atoms with Crippen molar-refractivity contribution in [1.82, 2.24) is 19.5 Å². The van der Waals surface area contributed by atoms with Crippen LogP contribution in [0.2, 0.25) is 0 Å². The summed E-state index contributed by atoms with van der Waals surface area (Å²) < 4.78 is 12.8. The molecule has 1 atom stereocenters. The molecule has 4 heterocycles. The van der Waals surface area contributed by atoms with Gasteiger partial charge in [0.25, 0.3) is 5.56 Å². The third kappa shape index (κ3) is 2.87. The van der Waals surface area contributed by atoms with Gasteiger partial charge in [0.1, 0.15) is 11.2 Å². The maximum atomic E-state index is 12.6. The Hall–Kier alpha value is -2.06. The fourth-order valence-electron chi connectivity index (χ4n) is 3.23. The van der Waals surface area contributed by atoms with E-state index in [9.17, 15) is 4.79 Å². The Morgan fingerprint density at radius 1 is 1.25 bits per heavy atom. The van der Waals surface area contributed by atoms with Gasteiger partial charge >= 0.3 is 0 Å². The molecular formula is C16H21N5O3. The first-order valence-electron chi connectivity index (χ1n) is 8.41. The lowest BCUT2D eigenvalue weighted by Crippen LogP contribution is -2.37. The standard InChI is InChI=1S/C16H21N5O3/c1-11-15(22)21(10-12-3-2-6-24-12)14-13(18-11)9-17-16(19-14)20-4-7-23-8-5-20/h9,12H,2-8,10H2,1H3/t12-/m1/s1. The molecule has 0 aliphatic carbocycles. The molecular weight excluding hydrogens is 310 g/mol. The van der Waals surface area contributed by atoms with E-state index in [0.29, 0.717) is 42.6 Å². The number of anilines is 1. The van der Waals surface area contributed by atoms with Crippen molar-refractivity contribution in [3.8, 4) is 0 Å². The molecule has 2 aliphatic rings. The summed E-state index contributed by atoms with van der Waals surface area (Å²) in [5.41, 5.74) is 1.58. The SMILES string of the molecule is Cc1nc2cnc(N3CCOCC3)nc2n(C[C@H]2CCCO2)c1=O. The molecule has 0 amide bonds. The molecule has 0 saturated carbocycles. The van der Waals surface area contributed by atoms with E-state index in [4.69, 9.17) is 9.47 Å². The molecule has 0 unspecified atom stereocenters. The zero-order valence-corrected chi connectivity index (χ0v) is 13.8. The number of morpholine rings is 1. The van der Waals surface area contributed by atoms with E-state index in [1.807, 2.05) is 0 Å². The summed E-state index contributed by atoms with van der Waals surface area (Å²) in [6, 6.07) is 0. The molecule has 0 bridgehead atoms. The third-order valence-electron chi connectivity index (χ3n) is 4.54. The average Bonchev–Trinajstić information content (AvgIpc) is 3.12. The van der Waals surface area contributed by atoms with Crippen molar-refractivity contribution in [1.29, 1.82) is 0 Å². The van der Waals surface area contributed by atoms with Crippen molar-refractivity contribution in [2.24, 2.45) is 0 Å². The topological polar surface area (TPSA) is 82.4 Å². The summed E-state index contributed by atoms with van der Waals surface area (Å²) in [6.45, 7) is 5.82. The van der Waals surface area contributed by atoms with Crippen molar-refractivity contribution >= 4 is 17.1 Å². The number of aryl methyl sites for hydroxylation is 1. The van der Waals surface area contributed by atoms with Crippen molar-refractivity contribution in [3.05, 3.63) is 22.2 Å². The largest absolute Gasteiger partial charge is 0.378 e. The normalized spacial score (nSPS) is 21.5. The smallest absolute Gasteiger partial charge is 0.273 e. The molecule has 2 saturated heterocycles. The molecule has 2 aliphatic heterocycles. The molecule has 8 nitrogen and oxygen atoms in total. The van der Waals surface area contributed by atoms with E-state index < -0.39 is 0 Å². The van der Waals surface area contributed by atoms with Crippen LogP contribution in [0.15, 0.2) is 11.0 Å². The second-order valence-electron chi connectivity index (χ2n) is 6.23. The Morgan fingerprint density at radius 3 is 2.83 bits per heavy atom. The van der Waals surface area contributed by atoms with Crippen LogP contribution in [0.5, 0.6) is 0 Å². The monoisotopic (exact) mass is 331 g/mol. The summed E-state index contributed by atoms with van der Waals surface area (Å²) in [7, 11) is 0. The van der Waals surface area contributed by atoms with Crippen LogP contribution in [0.1, 0.15) is 18.5 Å². The number of ether oxygens (including phenoxy) is 2. The first-order valence-corrected chi connectivity index (χ1v) is 8.41. The number of aromatic nitrogens is 4. The summed E-state index contributed by atoms with van der Waals surface area (Å²) in [4.78, 5) is 28.1. The van der Waals surface area contributed by atoms with Gasteiger partial charge < -0.3 is 14.4 Å². The van der Waals surface area contributed by atoms with Gasteiger partial charge in [-0.05, 0) is 19.8 Å². The van der Waals surface area contributed by atoms with Gasteiger partial charge in [0.15, 0.2) is 5.65 Å². The summed E-state index contributed by atoms with van der Waals surface area (Å²) in [6.07, 6.45) is 3.77. The Labute approximate surface area is 139 Å². The quantitative estimate of drug-likeness (QED) is 0.810. The molecule has 0 N–H and O–H groups in total. The fourth-order valence-corrected chi connectivity index (χ4v) is 3.23. The zero-order chi connectivity index (χ0) is 16.5. The van der Waals surface area contributed by atoms with Crippen LogP contribution in [0.25, 0.3) is 11.2 Å². The van der Waals surface area contributed by atoms with Crippen molar-refractivity contribution in [2.75, 3.05) is 37.8 Å². The van der Waals surface area contributed by atoms with Crippen molar-refractivity contribution in [3.63, 3.8) is 0 Å². The lowest BCUT2D eigenvalue weighted by atomic mass is 10.2. The fraction of sp³-hybridized carbons (Fsp3) is 0.625. The Bertz CT molecular complexity index is 794. The Kier molecular flexibility index (Phi) is 4.15. The lowest BCUT2D eigenvalue weighted by Gasteiger charge is -2.27. The maximum absolute atomic E-state index is 12.6. The summed E-state index contributed by atoms with van der Waals surface area (Å²) in [5.74, 6) is 0.622. The molecule has 0 aromatic carbocycles. The van der Waals surface area contributed by atoms with E-state index in [0.717, 1.165) is 32.5 Å².